The lowest BCUT2D eigenvalue weighted by Crippen LogP contribution is -2.65. The molecule has 1 aliphatic heterocycles. The van der Waals surface area contributed by atoms with Crippen LogP contribution in [0.5, 0.6) is 0 Å². The molecule has 6 heteroatoms. The lowest BCUT2D eigenvalue weighted by atomic mass is 9.58. The fourth-order valence-corrected chi connectivity index (χ4v) is 5.01. The van der Waals surface area contributed by atoms with E-state index >= 15 is 0 Å². The Balaban J connectivity index is 1.77. The van der Waals surface area contributed by atoms with Crippen molar-refractivity contribution in [3.8, 4) is 0 Å². The van der Waals surface area contributed by atoms with Gasteiger partial charge in [0.05, 0.1) is 6.10 Å². The summed E-state index contributed by atoms with van der Waals surface area (Å²) in [6.45, 7) is 20.2. The van der Waals surface area contributed by atoms with Gasteiger partial charge in [-0.15, -0.1) is 0 Å². The maximum Gasteiger partial charge on any atom is 0.191 e. The molecule has 3 unspecified atom stereocenters. The SMILES string of the molecule is CCOC1CC(NC(=NC)NCC(C)CN2CCN(CC)CC2)C1(CC)CC. The number of hydrogen-bond acceptors (Lipinski definition) is 4. The van der Waals surface area contributed by atoms with Crippen LogP contribution in [0.1, 0.15) is 53.9 Å². The van der Waals surface area contributed by atoms with Crippen LogP contribution in [0.3, 0.4) is 0 Å². The summed E-state index contributed by atoms with van der Waals surface area (Å²) < 4.78 is 6.01. The maximum atomic E-state index is 6.01. The van der Waals surface area contributed by atoms with Crippen molar-refractivity contribution in [1.82, 2.24) is 20.4 Å². The van der Waals surface area contributed by atoms with E-state index in [1.165, 1.54) is 32.7 Å². The lowest BCUT2D eigenvalue weighted by Gasteiger charge is -2.55. The highest BCUT2D eigenvalue weighted by Crippen LogP contribution is 2.48. The topological polar surface area (TPSA) is 52.1 Å². The van der Waals surface area contributed by atoms with Gasteiger partial charge in [-0.2, -0.15) is 0 Å². The molecule has 164 valence electrons. The predicted octanol–water partition coefficient (Wildman–Crippen LogP) is 2.41. The maximum absolute atomic E-state index is 6.01. The number of nitrogens with zero attached hydrogens (tertiary/aromatic N) is 3. The fourth-order valence-electron chi connectivity index (χ4n) is 5.01. The summed E-state index contributed by atoms with van der Waals surface area (Å²) in [5.41, 5.74) is 0.234. The third kappa shape index (κ3) is 5.61. The summed E-state index contributed by atoms with van der Waals surface area (Å²) in [5, 5.41) is 7.27. The number of rotatable bonds is 10. The first-order valence-corrected chi connectivity index (χ1v) is 11.6. The standard InChI is InChI=1S/C22H45N5O/c1-7-22(8-2)19(15-20(22)28-10-4)25-21(23-6)24-16-18(5)17-27-13-11-26(9-3)12-14-27/h18-20H,7-17H2,1-6H3,(H2,23,24,25). The first-order chi connectivity index (χ1) is 13.5. The van der Waals surface area contributed by atoms with Crippen LogP contribution in [0.15, 0.2) is 4.99 Å². The predicted molar refractivity (Wildman–Crippen MR) is 119 cm³/mol. The highest BCUT2D eigenvalue weighted by atomic mass is 16.5. The molecular weight excluding hydrogens is 350 g/mol. The Morgan fingerprint density at radius 1 is 1.11 bits per heavy atom. The monoisotopic (exact) mass is 395 g/mol. The first-order valence-electron chi connectivity index (χ1n) is 11.6. The lowest BCUT2D eigenvalue weighted by molar-refractivity contribution is -0.133. The van der Waals surface area contributed by atoms with Gasteiger partial charge in [-0.05, 0) is 38.6 Å². The molecule has 2 N–H and O–H groups in total. The minimum atomic E-state index is 0.234. The van der Waals surface area contributed by atoms with Crippen LogP contribution in [0.4, 0.5) is 0 Å². The second kappa shape index (κ2) is 11.4. The van der Waals surface area contributed by atoms with E-state index < -0.39 is 0 Å². The van der Waals surface area contributed by atoms with Gasteiger partial charge in [0.15, 0.2) is 5.96 Å². The minimum Gasteiger partial charge on any atom is -0.378 e. The quantitative estimate of drug-likeness (QED) is 0.439. The van der Waals surface area contributed by atoms with Crippen LogP contribution in [0, 0.1) is 11.3 Å². The van der Waals surface area contributed by atoms with Gasteiger partial charge in [0.2, 0.25) is 0 Å². The van der Waals surface area contributed by atoms with Crippen molar-refractivity contribution >= 4 is 5.96 Å². The fraction of sp³-hybridized carbons (Fsp3) is 0.955. The van der Waals surface area contributed by atoms with Crippen LogP contribution in [0.25, 0.3) is 0 Å². The molecule has 1 aliphatic carbocycles. The molecule has 1 saturated heterocycles. The number of ether oxygens (including phenoxy) is 1. The summed E-state index contributed by atoms with van der Waals surface area (Å²) in [6.07, 6.45) is 3.74. The third-order valence-electron chi connectivity index (χ3n) is 7.10. The number of piperazine rings is 1. The minimum absolute atomic E-state index is 0.234. The van der Waals surface area contributed by atoms with Gasteiger partial charge >= 0.3 is 0 Å². The molecule has 0 bridgehead atoms. The highest BCUT2D eigenvalue weighted by Gasteiger charge is 2.53. The molecule has 3 atom stereocenters. The molecular formula is C22H45N5O. The second-order valence-corrected chi connectivity index (χ2v) is 8.61. The van der Waals surface area contributed by atoms with Crippen molar-refractivity contribution in [2.24, 2.45) is 16.3 Å². The molecule has 28 heavy (non-hydrogen) atoms. The Bertz CT molecular complexity index is 472. The summed E-state index contributed by atoms with van der Waals surface area (Å²) in [7, 11) is 1.88. The molecule has 0 amide bonds. The number of aliphatic imine (C=N–C) groups is 1. The Morgan fingerprint density at radius 2 is 1.75 bits per heavy atom. The Morgan fingerprint density at radius 3 is 2.29 bits per heavy atom. The van der Waals surface area contributed by atoms with Gasteiger partial charge < -0.3 is 25.2 Å². The number of likely N-dealkylation sites (N-methyl/N-ethyl adjacent to an activating group) is 1. The molecule has 2 fully saturated rings. The largest absolute Gasteiger partial charge is 0.378 e. The van der Waals surface area contributed by atoms with Gasteiger partial charge in [0.1, 0.15) is 0 Å². The first kappa shape index (κ1) is 23.4. The van der Waals surface area contributed by atoms with Gasteiger partial charge in [-0.25, -0.2) is 0 Å². The van der Waals surface area contributed by atoms with Gasteiger partial charge in [-0.3, -0.25) is 4.99 Å². The van der Waals surface area contributed by atoms with E-state index in [1.54, 1.807) is 0 Å². The molecule has 0 aromatic rings. The number of guanidine groups is 1. The van der Waals surface area contributed by atoms with Crippen molar-refractivity contribution in [2.45, 2.75) is 66.0 Å². The van der Waals surface area contributed by atoms with Gasteiger partial charge in [0, 0.05) is 64.4 Å². The van der Waals surface area contributed by atoms with Crippen LogP contribution in [-0.4, -0.2) is 87.4 Å². The van der Waals surface area contributed by atoms with Crippen molar-refractivity contribution in [2.75, 3.05) is 59.5 Å². The Hall–Kier alpha value is -0.850. The molecule has 2 rings (SSSR count). The average molecular weight is 396 g/mol. The number of hydrogen-bond donors (Lipinski definition) is 2. The van der Waals surface area contributed by atoms with Crippen molar-refractivity contribution < 1.29 is 4.74 Å². The summed E-state index contributed by atoms with van der Waals surface area (Å²) in [6, 6.07) is 0.447. The molecule has 1 saturated carbocycles. The molecule has 0 aromatic carbocycles. The molecule has 2 aliphatic rings. The van der Waals surface area contributed by atoms with E-state index in [9.17, 15) is 0 Å². The van der Waals surface area contributed by atoms with Crippen LogP contribution in [0.2, 0.25) is 0 Å². The van der Waals surface area contributed by atoms with Gasteiger partial charge in [-0.1, -0.05) is 27.7 Å². The van der Waals surface area contributed by atoms with Crippen molar-refractivity contribution in [3.05, 3.63) is 0 Å². The summed E-state index contributed by atoms with van der Waals surface area (Å²) in [5.74, 6) is 1.54. The van der Waals surface area contributed by atoms with Crippen molar-refractivity contribution in [1.29, 1.82) is 0 Å². The third-order valence-corrected chi connectivity index (χ3v) is 7.10. The van der Waals surface area contributed by atoms with E-state index in [1.807, 2.05) is 7.05 Å². The Labute approximate surface area is 173 Å². The zero-order valence-corrected chi connectivity index (χ0v) is 19.3. The highest BCUT2D eigenvalue weighted by molar-refractivity contribution is 5.80. The molecule has 0 spiro atoms. The van der Waals surface area contributed by atoms with E-state index in [-0.39, 0.29) is 5.41 Å². The second-order valence-electron chi connectivity index (χ2n) is 8.61. The Kier molecular flexibility index (Phi) is 9.51. The van der Waals surface area contributed by atoms with E-state index in [0.29, 0.717) is 18.1 Å². The van der Waals surface area contributed by atoms with E-state index in [0.717, 1.165) is 44.9 Å². The normalized spacial score (nSPS) is 27.3. The van der Waals surface area contributed by atoms with Crippen LogP contribution < -0.4 is 10.6 Å². The van der Waals surface area contributed by atoms with E-state index in [4.69, 9.17) is 4.74 Å². The average Bonchev–Trinajstić information content (AvgIpc) is 2.71. The smallest absolute Gasteiger partial charge is 0.191 e. The number of nitrogens with one attached hydrogen (secondary N) is 2. The van der Waals surface area contributed by atoms with Crippen LogP contribution >= 0.6 is 0 Å². The molecule has 0 aromatic heterocycles. The molecule has 1 heterocycles. The molecule has 6 nitrogen and oxygen atoms in total. The summed E-state index contributed by atoms with van der Waals surface area (Å²) >= 11 is 0. The van der Waals surface area contributed by atoms with Crippen LogP contribution in [-0.2, 0) is 4.74 Å². The molecule has 0 radical (unpaired) electrons. The zero-order chi connectivity index (χ0) is 20.6. The van der Waals surface area contributed by atoms with Crippen molar-refractivity contribution in [3.63, 3.8) is 0 Å². The van der Waals surface area contributed by atoms with Gasteiger partial charge in [0.25, 0.3) is 0 Å². The van der Waals surface area contributed by atoms with E-state index in [2.05, 4.69) is 60.0 Å². The zero-order valence-electron chi connectivity index (χ0n) is 19.3. The summed E-state index contributed by atoms with van der Waals surface area (Å²) in [4.78, 5) is 9.63.